The zero-order chi connectivity index (χ0) is 12.3. The monoisotopic (exact) mass is 235 g/mol. The van der Waals surface area contributed by atoms with Crippen molar-refractivity contribution in [3.63, 3.8) is 0 Å². The van der Waals surface area contributed by atoms with Crippen molar-refractivity contribution in [1.29, 1.82) is 0 Å². The van der Waals surface area contributed by atoms with Crippen molar-refractivity contribution in [2.24, 2.45) is 0 Å². The van der Waals surface area contributed by atoms with Crippen molar-refractivity contribution in [2.45, 2.75) is 12.6 Å². The van der Waals surface area contributed by atoms with E-state index in [2.05, 4.69) is 4.74 Å². The van der Waals surface area contributed by atoms with Gasteiger partial charge in [-0.2, -0.15) is 0 Å². The molecule has 0 aromatic heterocycles. The fourth-order valence-corrected chi connectivity index (χ4v) is 1.70. The second-order valence-corrected chi connectivity index (χ2v) is 3.76. The molecule has 2 rings (SSSR count). The molecule has 5 nitrogen and oxygen atoms in total. The van der Waals surface area contributed by atoms with Crippen molar-refractivity contribution >= 4 is 12.1 Å². The molecule has 1 saturated heterocycles. The van der Waals surface area contributed by atoms with Gasteiger partial charge in [-0.1, -0.05) is 30.3 Å². The van der Waals surface area contributed by atoms with Gasteiger partial charge in [-0.05, 0) is 5.56 Å². The molecule has 1 heterocycles. The Bertz CT molecular complexity index is 418. The molecule has 5 heteroatoms. The molecule has 1 unspecified atom stereocenters. The van der Waals surface area contributed by atoms with E-state index in [9.17, 15) is 9.59 Å². The number of methoxy groups -OCH3 is 1. The van der Waals surface area contributed by atoms with E-state index in [0.29, 0.717) is 6.54 Å². The minimum absolute atomic E-state index is 0.237. The summed E-state index contributed by atoms with van der Waals surface area (Å²) in [5.74, 6) is -0.520. The van der Waals surface area contributed by atoms with Crippen LogP contribution in [0.15, 0.2) is 30.3 Å². The van der Waals surface area contributed by atoms with Crippen LogP contribution in [0.4, 0.5) is 4.79 Å². The Hall–Kier alpha value is -2.04. The molecule has 0 saturated carbocycles. The number of esters is 1. The fourth-order valence-electron chi connectivity index (χ4n) is 1.70. The Morgan fingerprint density at radius 1 is 1.47 bits per heavy atom. The van der Waals surface area contributed by atoms with E-state index in [0.717, 1.165) is 5.56 Å². The van der Waals surface area contributed by atoms with E-state index in [-0.39, 0.29) is 6.54 Å². The maximum atomic E-state index is 11.5. The predicted molar refractivity (Wildman–Crippen MR) is 59.1 cm³/mol. The van der Waals surface area contributed by atoms with E-state index in [1.807, 2.05) is 30.3 Å². The molecule has 1 aromatic carbocycles. The number of hydrogen-bond donors (Lipinski definition) is 0. The van der Waals surface area contributed by atoms with Gasteiger partial charge in [-0.25, -0.2) is 9.59 Å². The lowest BCUT2D eigenvalue weighted by Gasteiger charge is -2.12. The Kier molecular flexibility index (Phi) is 3.27. The molecule has 0 radical (unpaired) electrons. The number of carbonyl (C=O) groups is 2. The van der Waals surface area contributed by atoms with Crippen molar-refractivity contribution in [2.75, 3.05) is 13.7 Å². The van der Waals surface area contributed by atoms with Crippen LogP contribution >= 0.6 is 0 Å². The third-order valence-corrected chi connectivity index (χ3v) is 2.57. The third kappa shape index (κ3) is 2.55. The number of benzene rings is 1. The zero-order valence-corrected chi connectivity index (χ0v) is 9.46. The number of nitrogens with zero attached hydrogens (tertiary/aromatic N) is 1. The summed E-state index contributed by atoms with van der Waals surface area (Å²) in [6.45, 7) is 0.674. The molecule has 0 aliphatic carbocycles. The lowest BCUT2D eigenvalue weighted by atomic mass is 10.2. The second-order valence-electron chi connectivity index (χ2n) is 3.76. The number of carbonyl (C=O) groups excluding carboxylic acids is 2. The first-order chi connectivity index (χ1) is 8.20. The summed E-state index contributed by atoms with van der Waals surface area (Å²) in [4.78, 5) is 24.2. The highest BCUT2D eigenvalue weighted by molar-refractivity contribution is 5.82. The summed E-state index contributed by atoms with van der Waals surface area (Å²) in [5, 5.41) is 0. The van der Waals surface area contributed by atoms with Crippen LogP contribution < -0.4 is 0 Å². The Labute approximate surface area is 98.9 Å². The van der Waals surface area contributed by atoms with Gasteiger partial charge in [0.1, 0.15) is 0 Å². The first-order valence-corrected chi connectivity index (χ1v) is 5.28. The molecule has 0 spiro atoms. The van der Waals surface area contributed by atoms with Crippen molar-refractivity contribution in [1.82, 2.24) is 4.90 Å². The molecule has 1 fully saturated rings. The quantitative estimate of drug-likeness (QED) is 0.738. The van der Waals surface area contributed by atoms with E-state index in [4.69, 9.17) is 4.74 Å². The van der Waals surface area contributed by atoms with Crippen LogP contribution in [-0.4, -0.2) is 36.7 Å². The molecule has 1 aliphatic rings. The van der Waals surface area contributed by atoms with Gasteiger partial charge < -0.3 is 9.47 Å². The van der Waals surface area contributed by atoms with Crippen molar-refractivity contribution < 1.29 is 19.1 Å². The van der Waals surface area contributed by atoms with E-state index < -0.39 is 18.2 Å². The highest BCUT2D eigenvalue weighted by Crippen LogP contribution is 2.15. The number of amides is 1. The average Bonchev–Trinajstić information content (AvgIpc) is 2.71. The molecule has 17 heavy (non-hydrogen) atoms. The first kappa shape index (κ1) is 11.4. The molecule has 90 valence electrons. The van der Waals surface area contributed by atoms with Crippen LogP contribution in [0.1, 0.15) is 5.56 Å². The normalized spacial score (nSPS) is 19.0. The van der Waals surface area contributed by atoms with Crippen molar-refractivity contribution in [3.8, 4) is 0 Å². The molecular weight excluding hydrogens is 222 g/mol. The summed E-state index contributed by atoms with van der Waals surface area (Å²) in [5.41, 5.74) is 0.995. The van der Waals surface area contributed by atoms with Crippen LogP contribution in [-0.2, 0) is 20.8 Å². The molecule has 0 bridgehead atoms. The summed E-state index contributed by atoms with van der Waals surface area (Å²) in [6, 6.07) is 9.53. The van der Waals surface area contributed by atoms with Crippen LogP contribution in [0.25, 0.3) is 0 Å². The Balaban J connectivity index is 1.99. The fraction of sp³-hybridized carbons (Fsp3) is 0.333. The van der Waals surface area contributed by atoms with Crippen LogP contribution in [0, 0.1) is 0 Å². The molecule has 1 atom stereocenters. The van der Waals surface area contributed by atoms with Gasteiger partial charge in [0.25, 0.3) is 0 Å². The number of hydrogen-bond acceptors (Lipinski definition) is 4. The van der Waals surface area contributed by atoms with E-state index >= 15 is 0 Å². The largest absolute Gasteiger partial charge is 0.466 e. The highest BCUT2D eigenvalue weighted by atomic mass is 16.6. The lowest BCUT2D eigenvalue weighted by Crippen LogP contribution is -2.28. The molecule has 1 aliphatic heterocycles. The van der Waals surface area contributed by atoms with Gasteiger partial charge in [-0.3, -0.25) is 4.90 Å². The number of rotatable bonds is 3. The number of cyclic esters (lactones) is 1. The maximum absolute atomic E-state index is 11.5. The maximum Gasteiger partial charge on any atom is 0.411 e. The van der Waals surface area contributed by atoms with Gasteiger partial charge in [0.2, 0.25) is 6.10 Å². The summed E-state index contributed by atoms with van der Waals surface area (Å²) < 4.78 is 9.45. The van der Waals surface area contributed by atoms with Gasteiger partial charge in [0.05, 0.1) is 13.7 Å². The van der Waals surface area contributed by atoms with Gasteiger partial charge in [0.15, 0.2) is 0 Å². The van der Waals surface area contributed by atoms with Crippen LogP contribution in [0.2, 0.25) is 0 Å². The van der Waals surface area contributed by atoms with E-state index in [1.165, 1.54) is 12.0 Å². The predicted octanol–water partition coefficient (Wildman–Crippen LogP) is 1.18. The van der Waals surface area contributed by atoms with E-state index in [1.54, 1.807) is 0 Å². The molecule has 1 aromatic rings. The minimum Gasteiger partial charge on any atom is -0.466 e. The highest BCUT2D eigenvalue weighted by Gasteiger charge is 2.36. The number of ether oxygens (including phenoxy) is 2. The van der Waals surface area contributed by atoms with Crippen LogP contribution in [0.5, 0.6) is 0 Å². The van der Waals surface area contributed by atoms with Crippen LogP contribution in [0.3, 0.4) is 0 Å². The minimum atomic E-state index is -0.809. The zero-order valence-electron chi connectivity index (χ0n) is 9.46. The van der Waals surface area contributed by atoms with Crippen molar-refractivity contribution in [3.05, 3.63) is 35.9 Å². The average molecular weight is 235 g/mol. The smallest absolute Gasteiger partial charge is 0.411 e. The molecular formula is C12H13NO4. The van der Waals surface area contributed by atoms with Gasteiger partial charge in [0, 0.05) is 6.54 Å². The Morgan fingerprint density at radius 3 is 2.82 bits per heavy atom. The molecule has 0 N–H and O–H groups in total. The Morgan fingerprint density at radius 2 is 2.18 bits per heavy atom. The third-order valence-electron chi connectivity index (χ3n) is 2.57. The lowest BCUT2D eigenvalue weighted by molar-refractivity contribution is -0.148. The standard InChI is InChI=1S/C12H13NO4/c1-16-11(14)10-8-13(12(15)17-10)7-9-5-3-2-4-6-9/h2-6,10H,7-8H2,1H3. The summed E-state index contributed by atoms with van der Waals surface area (Å²) >= 11 is 0. The summed E-state index contributed by atoms with van der Waals surface area (Å²) in [7, 11) is 1.27. The molecule has 1 amide bonds. The topological polar surface area (TPSA) is 55.8 Å². The summed E-state index contributed by atoms with van der Waals surface area (Å²) in [6.07, 6.45) is -1.29. The van der Waals surface area contributed by atoms with Gasteiger partial charge >= 0.3 is 12.1 Å². The SMILES string of the molecule is COC(=O)C1CN(Cc2ccccc2)C(=O)O1. The van der Waals surface area contributed by atoms with Gasteiger partial charge in [-0.15, -0.1) is 0 Å². The first-order valence-electron chi connectivity index (χ1n) is 5.28. The second kappa shape index (κ2) is 4.86.